The first-order chi connectivity index (χ1) is 10.2. The number of oxazole rings is 1. The summed E-state index contributed by atoms with van der Waals surface area (Å²) in [5, 5.41) is 11.8. The maximum absolute atomic E-state index is 10.6. The molecule has 1 aromatic carbocycles. The Balaban J connectivity index is 1.69. The van der Waals surface area contributed by atoms with Crippen molar-refractivity contribution in [3.05, 3.63) is 24.3 Å². The van der Waals surface area contributed by atoms with Crippen LogP contribution in [-0.4, -0.2) is 48.0 Å². The number of hydrogen-bond donors (Lipinski definition) is 2. The summed E-state index contributed by atoms with van der Waals surface area (Å²) in [7, 11) is 0. The van der Waals surface area contributed by atoms with E-state index in [2.05, 4.69) is 10.3 Å². The molecule has 2 atom stereocenters. The summed E-state index contributed by atoms with van der Waals surface area (Å²) in [4.78, 5) is 14.9. The van der Waals surface area contributed by atoms with Gasteiger partial charge in [-0.05, 0) is 18.6 Å². The summed E-state index contributed by atoms with van der Waals surface area (Å²) >= 11 is 0. The summed E-state index contributed by atoms with van der Waals surface area (Å²) in [5.74, 6) is -0.984. The van der Waals surface area contributed by atoms with Gasteiger partial charge in [-0.3, -0.25) is 0 Å². The zero-order valence-electron chi connectivity index (χ0n) is 11.3. The van der Waals surface area contributed by atoms with Crippen LogP contribution in [0.1, 0.15) is 6.42 Å². The number of nitrogens with one attached hydrogen (secondary N) is 1. The zero-order valence-corrected chi connectivity index (χ0v) is 11.3. The van der Waals surface area contributed by atoms with Crippen LogP contribution in [0.25, 0.3) is 11.1 Å². The van der Waals surface area contributed by atoms with Gasteiger partial charge in [-0.2, -0.15) is 4.98 Å². The van der Waals surface area contributed by atoms with E-state index in [0.29, 0.717) is 31.2 Å². The van der Waals surface area contributed by atoms with Crippen LogP contribution in [0.2, 0.25) is 0 Å². The quantitative estimate of drug-likeness (QED) is 0.862. The molecule has 7 heteroatoms. The van der Waals surface area contributed by atoms with Crippen LogP contribution in [0, 0.1) is 0 Å². The molecule has 0 spiro atoms. The standard InChI is InChI=1S/C14H16N2O5/c17-13(18)8-20-11-5-6-19-7-10(11)16-14-15-9-3-1-2-4-12(9)21-14/h1-4,10-11H,5-8H2,(H,15,16)(H,17,18)/t10-,11+/m0/s1. The van der Waals surface area contributed by atoms with Crippen LogP contribution >= 0.6 is 0 Å². The minimum atomic E-state index is -0.984. The Morgan fingerprint density at radius 1 is 1.48 bits per heavy atom. The number of ether oxygens (including phenoxy) is 2. The molecule has 1 aliphatic heterocycles. The van der Waals surface area contributed by atoms with Crippen molar-refractivity contribution in [2.24, 2.45) is 0 Å². The van der Waals surface area contributed by atoms with Crippen molar-refractivity contribution >= 4 is 23.1 Å². The lowest BCUT2D eigenvalue weighted by atomic mass is 10.1. The number of carboxylic acid groups (broad SMARTS) is 1. The number of benzene rings is 1. The van der Waals surface area contributed by atoms with Crippen molar-refractivity contribution in [2.75, 3.05) is 25.1 Å². The summed E-state index contributed by atoms with van der Waals surface area (Å²) in [6.45, 7) is 0.648. The van der Waals surface area contributed by atoms with Gasteiger partial charge in [-0.25, -0.2) is 4.79 Å². The van der Waals surface area contributed by atoms with Crippen molar-refractivity contribution in [3.8, 4) is 0 Å². The number of aliphatic carboxylic acids is 1. The van der Waals surface area contributed by atoms with Gasteiger partial charge in [0.2, 0.25) is 0 Å². The predicted molar refractivity (Wildman–Crippen MR) is 74.2 cm³/mol. The minimum Gasteiger partial charge on any atom is -0.480 e. The molecule has 1 aliphatic rings. The number of rotatable bonds is 5. The van der Waals surface area contributed by atoms with Gasteiger partial charge < -0.3 is 24.3 Å². The lowest BCUT2D eigenvalue weighted by molar-refractivity contribution is -0.146. The van der Waals surface area contributed by atoms with Crippen LogP contribution < -0.4 is 5.32 Å². The summed E-state index contributed by atoms with van der Waals surface area (Å²) < 4.78 is 16.4. The highest BCUT2D eigenvalue weighted by atomic mass is 16.5. The maximum atomic E-state index is 10.6. The Bertz CT molecular complexity index is 594. The molecule has 0 amide bonds. The number of para-hydroxylation sites is 2. The van der Waals surface area contributed by atoms with Crippen LogP contribution in [0.4, 0.5) is 6.01 Å². The van der Waals surface area contributed by atoms with Crippen LogP contribution in [0.3, 0.4) is 0 Å². The van der Waals surface area contributed by atoms with E-state index in [1.165, 1.54) is 0 Å². The molecular formula is C14H16N2O5. The highest BCUT2D eigenvalue weighted by Crippen LogP contribution is 2.21. The molecular weight excluding hydrogens is 276 g/mol. The Morgan fingerprint density at radius 3 is 3.14 bits per heavy atom. The predicted octanol–water partition coefficient (Wildman–Crippen LogP) is 1.50. The third-order valence-corrected chi connectivity index (χ3v) is 3.32. The molecule has 0 saturated carbocycles. The molecule has 0 bridgehead atoms. The third kappa shape index (κ3) is 3.32. The summed E-state index contributed by atoms with van der Waals surface area (Å²) in [6.07, 6.45) is 0.385. The lowest BCUT2D eigenvalue weighted by Crippen LogP contribution is -2.44. The molecule has 0 unspecified atom stereocenters. The molecule has 0 radical (unpaired) electrons. The fourth-order valence-corrected chi connectivity index (χ4v) is 2.32. The molecule has 7 nitrogen and oxygen atoms in total. The van der Waals surface area contributed by atoms with E-state index in [-0.39, 0.29) is 18.8 Å². The van der Waals surface area contributed by atoms with Crippen molar-refractivity contribution in [3.63, 3.8) is 0 Å². The van der Waals surface area contributed by atoms with E-state index in [1.54, 1.807) is 0 Å². The molecule has 2 heterocycles. The number of anilines is 1. The van der Waals surface area contributed by atoms with Gasteiger partial charge in [0.1, 0.15) is 12.1 Å². The monoisotopic (exact) mass is 292 g/mol. The fourth-order valence-electron chi connectivity index (χ4n) is 2.32. The van der Waals surface area contributed by atoms with Crippen LogP contribution in [-0.2, 0) is 14.3 Å². The first-order valence-corrected chi connectivity index (χ1v) is 6.75. The van der Waals surface area contributed by atoms with Gasteiger partial charge in [-0.1, -0.05) is 12.1 Å². The van der Waals surface area contributed by atoms with E-state index in [9.17, 15) is 4.79 Å². The second kappa shape index (κ2) is 6.11. The second-order valence-electron chi connectivity index (χ2n) is 4.84. The van der Waals surface area contributed by atoms with Gasteiger partial charge in [0, 0.05) is 6.61 Å². The molecule has 2 N–H and O–H groups in total. The molecule has 21 heavy (non-hydrogen) atoms. The minimum absolute atomic E-state index is 0.189. The largest absolute Gasteiger partial charge is 0.480 e. The fraction of sp³-hybridized carbons (Fsp3) is 0.429. The van der Waals surface area contributed by atoms with Crippen molar-refractivity contribution in [1.82, 2.24) is 4.98 Å². The smallest absolute Gasteiger partial charge is 0.329 e. The van der Waals surface area contributed by atoms with Crippen LogP contribution in [0.5, 0.6) is 0 Å². The Morgan fingerprint density at radius 2 is 2.33 bits per heavy atom. The van der Waals surface area contributed by atoms with E-state index >= 15 is 0 Å². The van der Waals surface area contributed by atoms with Gasteiger partial charge >= 0.3 is 5.97 Å². The Kier molecular flexibility index (Phi) is 4.03. The topological polar surface area (TPSA) is 93.8 Å². The molecule has 2 aromatic rings. The lowest BCUT2D eigenvalue weighted by Gasteiger charge is -2.31. The molecule has 1 fully saturated rings. The average Bonchev–Trinajstić information content (AvgIpc) is 2.88. The summed E-state index contributed by atoms with van der Waals surface area (Å²) in [6, 6.07) is 7.65. The van der Waals surface area contributed by atoms with Gasteiger partial charge in [0.25, 0.3) is 6.01 Å². The number of carboxylic acids is 1. The third-order valence-electron chi connectivity index (χ3n) is 3.32. The number of carbonyl (C=O) groups is 1. The van der Waals surface area contributed by atoms with Gasteiger partial charge in [-0.15, -0.1) is 0 Å². The zero-order chi connectivity index (χ0) is 14.7. The number of hydrogen-bond acceptors (Lipinski definition) is 6. The van der Waals surface area contributed by atoms with Gasteiger partial charge in [0.15, 0.2) is 5.58 Å². The van der Waals surface area contributed by atoms with E-state index in [0.717, 1.165) is 5.52 Å². The Labute approximate surface area is 120 Å². The number of aromatic nitrogens is 1. The average molecular weight is 292 g/mol. The highest BCUT2D eigenvalue weighted by molar-refractivity contribution is 5.74. The van der Waals surface area contributed by atoms with E-state index < -0.39 is 5.97 Å². The van der Waals surface area contributed by atoms with Crippen molar-refractivity contribution in [2.45, 2.75) is 18.6 Å². The number of fused-ring (bicyclic) bond motifs is 1. The van der Waals surface area contributed by atoms with E-state index in [4.69, 9.17) is 19.0 Å². The normalized spacial score (nSPS) is 22.3. The molecule has 1 saturated heterocycles. The Hall–Kier alpha value is -2.12. The van der Waals surface area contributed by atoms with Crippen LogP contribution in [0.15, 0.2) is 28.7 Å². The van der Waals surface area contributed by atoms with Crippen molar-refractivity contribution < 1.29 is 23.8 Å². The van der Waals surface area contributed by atoms with Gasteiger partial charge in [0.05, 0.1) is 18.8 Å². The second-order valence-corrected chi connectivity index (χ2v) is 4.84. The number of nitrogens with zero attached hydrogens (tertiary/aromatic N) is 1. The first kappa shape index (κ1) is 13.8. The molecule has 1 aromatic heterocycles. The molecule has 3 rings (SSSR count). The molecule has 0 aliphatic carbocycles. The highest BCUT2D eigenvalue weighted by Gasteiger charge is 2.28. The first-order valence-electron chi connectivity index (χ1n) is 6.75. The van der Waals surface area contributed by atoms with E-state index in [1.807, 2.05) is 24.3 Å². The SMILES string of the molecule is O=C(O)CO[C@@H]1CCOC[C@@H]1Nc1nc2ccccc2o1. The van der Waals surface area contributed by atoms with Crippen molar-refractivity contribution in [1.29, 1.82) is 0 Å². The molecule has 112 valence electrons. The maximum Gasteiger partial charge on any atom is 0.329 e. The summed E-state index contributed by atoms with van der Waals surface area (Å²) in [5.41, 5.74) is 1.46.